The maximum absolute atomic E-state index is 13.2. The first kappa shape index (κ1) is 25.1. The summed E-state index contributed by atoms with van der Waals surface area (Å²) in [5.74, 6) is 0.251. The van der Waals surface area contributed by atoms with Crippen molar-refractivity contribution >= 4 is 56.8 Å². The summed E-state index contributed by atoms with van der Waals surface area (Å²) in [5, 5.41) is 10.8. The molecule has 0 unspecified atom stereocenters. The number of amides is 1. The number of para-hydroxylation sites is 1. The van der Waals surface area contributed by atoms with Crippen LogP contribution in [0.4, 0.5) is 5.69 Å². The van der Waals surface area contributed by atoms with E-state index < -0.39 is 0 Å². The molecule has 1 amide bonds. The van der Waals surface area contributed by atoms with Crippen LogP contribution in [0.1, 0.15) is 11.1 Å². The average Bonchev–Trinajstić information content (AvgIpc) is 2.88. The lowest BCUT2D eigenvalue weighted by Gasteiger charge is -2.36. The lowest BCUT2D eigenvalue weighted by molar-refractivity contribution is -0.126. The molecule has 0 atom stereocenters. The smallest absolute Gasteiger partial charge is 0.264 e. The van der Waals surface area contributed by atoms with Crippen molar-refractivity contribution in [3.8, 4) is 11.8 Å². The van der Waals surface area contributed by atoms with Crippen molar-refractivity contribution in [2.45, 2.75) is 6.61 Å². The van der Waals surface area contributed by atoms with Gasteiger partial charge in [-0.2, -0.15) is 5.26 Å². The second kappa shape index (κ2) is 11.6. The van der Waals surface area contributed by atoms with Gasteiger partial charge >= 0.3 is 0 Å². The lowest BCUT2D eigenvalue weighted by Crippen LogP contribution is -2.49. The molecule has 35 heavy (non-hydrogen) atoms. The summed E-state index contributed by atoms with van der Waals surface area (Å²) in [7, 11) is 0. The Morgan fingerprint density at radius 3 is 2.46 bits per heavy atom. The van der Waals surface area contributed by atoms with Crippen molar-refractivity contribution < 1.29 is 9.53 Å². The van der Waals surface area contributed by atoms with E-state index in [-0.39, 0.29) is 18.1 Å². The van der Waals surface area contributed by atoms with E-state index >= 15 is 0 Å². The van der Waals surface area contributed by atoms with Crippen LogP contribution in [-0.2, 0) is 11.4 Å². The van der Waals surface area contributed by atoms with Gasteiger partial charge in [0, 0.05) is 57.5 Å². The second-order valence-corrected chi connectivity index (χ2v) is 9.75. The number of rotatable bonds is 6. The molecule has 1 saturated heterocycles. The highest BCUT2D eigenvalue weighted by Gasteiger charge is 2.24. The standard InChI is InChI=1S/C27H22BrCl2N3O2/c28-22-7-9-26(35-18-19-6-8-23(29)16-25(19)30)20(15-22)14-21(17-31)27(34)33-12-10-32(11-13-33)24-4-2-1-3-5-24/h1-9,14-16H,10-13,18H2/b21-14-. The van der Waals surface area contributed by atoms with Crippen LogP contribution >= 0.6 is 39.1 Å². The molecule has 0 saturated carbocycles. The molecule has 1 aliphatic heterocycles. The maximum Gasteiger partial charge on any atom is 0.264 e. The highest BCUT2D eigenvalue weighted by Crippen LogP contribution is 2.29. The Hall–Kier alpha value is -2.98. The third-order valence-corrected chi connectivity index (χ3v) is 6.79. The van der Waals surface area contributed by atoms with Crippen LogP contribution in [0.15, 0.2) is 76.8 Å². The summed E-state index contributed by atoms with van der Waals surface area (Å²) in [6.07, 6.45) is 1.58. The number of hydrogen-bond donors (Lipinski definition) is 0. The normalized spacial score (nSPS) is 13.9. The molecule has 178 valence electrons. The Morgan fingerprint density at radius 1 is 1.03 bits per heavy atom. The van der Waals surface area contributed by atoms with E-state index in [9.17, 15) is 10.1 Å². The fraction of sp³-hybridized carbons (Fsp3) is 0.185. The van der Waals surface area contributed by atoms with Crippen molar-refractivity contribution in [3.63, 3.8) is 0 Å². The van der Waals surface area contributed by atoms with Gasteiger partial charge in [0.15, 0.2) is 0 Å². The van der Waals surface area contributed by atoms with Gasteiger partial charge in [0.05, 0.1) is 0 Å². The zero-order valence-electron chi connectivity index (χ0n) is 18.8. The van der Waals surface area contributed by atoms with Gasteiger partial charge in [0.2, 0.25) is 0 Å². The number of anilines is 1. The van der Waals surface area contributed by atoms with Crippen molar-refractivity contribution in [2.24, 2.45) is 0 Å². The molecule has 3 aromatic carbocycles. The molecule has 5 nitrogen and oxygen atoms in total. The van der Waals surface area contributed by atoms with Crippen molar-refractivity contribution in [3.05, 3.63) is 97.9 Å². The number of nitrogens with zero attached hydrogens (tertiary/aromatic N) is 3. The fourth-order valence-electron chi connectivity index (χ4n) is 3.83. The Labute approximate surface area is 223 Å². The summed E-state index contributed by atoms with van der Waals surface area (Å²) in [6.45, 7) is 2.73. The Kier molecular flexibility index (Phi) is 8.35. The predicted octanol–water partition coefficient (Wildman–Crippen LogP) is 6.59. The highest BCUT2D eigenvalue weighted by atomic mass is 79.9. The second-order valence-electron chi connectivity index (χ2n) is 7.99. The van der Waals surface area contributed by atoms with Crippen molar-refractivity contribution in [1.82, 2.24) is 4.90 Å². The number of piperazine rings is 1. The SMILES string of the molecule is N#C/C(=C/c1cc(Br)ccc1OCc1ccc(Cl)cc1Cl)C(=O)N1CCN(c2ccccc2)CC1. The molecular formula is C27H22BrCl2N3O2. The van der Waals surface area contributed by atoms with E-state index in [4.69, 9.17) is 27.9 Å². The van der Waals surface area contributed by atoms with Crippen LogP contribution in [0.25, 0.3) is 6.08 Å². The number of halogens is 3. The van der Waals surface area contributed by atoms with E-state index in [1.54, 1.807) is 35.2 Å². The maximum atomic E-state index is 13.2. The quantitative estimate of drug-likeness (QED) is 0.248. The number of hydrogen-bond acceptors (Lipinski definition) is 4. The van der Waals surface area contributed by atoms with Crippen molar-refractivity contribution in [2.75, 3.05) is 31.1 Å². The zero-order valence-corrected chi connectivity index (χ0v) is 21.9. The Balaban J connectivity index is 1.48. The van der Waals surface area contributed by atoms with E-state index in [2.05, 4.69) is 39.0 Å². The van der Waals surface area contributed by atoms with Gasteiger partial charge in [0.1, 0.15) is 24.0 Å². The number of benzene rings is 3. The summed E-state index contributed by atoms with van der Waals surface area (Å²) < 4.78 is 6.81. The molecule has 1 aliphatic rings. The minimum Gasteiger partial charge on any atom is -0.488 e. The number of ether oxygens (including phenoxy) is 1. The number of carbonyl (C=O) groups is 1. The molecule has 0 radical (unpaired) electrons. The van der Waals surface area contributed by atoms with Crippen LogP contribution in [0.2, 0.25) is 10.0 Å². The minimum atomic E-state index is -0.285. The van der Waals surface area contributed by atoms with Gasteiger partial charge in [-0.05, 0) is 48.5 Å². The zero-order chi connectivity index (χ0) is 24.8. The summed E-state index contributed by atoms with van der Waals surface area (Å²) in [5.41, 5.74) is 2.59. The minimum absolute atomic E-state index is 0.0608. The predicted molar refractivity (Wildman–Crippen MR) is 144 cm³/mol. The largest absolute Gasteiger partial charge is 0.488 e. The molecule has 0 aromatic heterocycles. The molecule has 0 aliphatic carbocycles. The molecule has 1 fully saturated rings. The summed E-state index contributed by atoms with van der Waals surface area (Å²) in [4.78, 5) is 17.1. The number of carbonyl (C=O) groups excluding carboxylic acids is 1. The molecule has 0 N–H and O–H groups in total. The topological polar surface area (TPSA) is 56.6 Å². The average molecular weight is 571 g/mol. The van der Waals surface area contributed by atoms with Crippen LogP contribution in [0.3, 0.4) is 0 Å². The van der Waals surface area contributed by atoms with Gasteiger partial charge in [-0.15, -0.1) is 0 Å². The van der Waals surface area contributed by atoms with Gasteiger partial charge < -0.3 is 14.5 Å². The number of nitriles is 1. The summed E-state index contributed by atoms with van der Waals surface area (Å²) >= 11 is 15.7. The molecule has 0 spiro atoms. The Bertz CT molecular complexity index is 1280. The van der Waals surface area contributed by atoms with Crippen LogP contribution < -0.4 is 9.64 Å². The molecular weight excluding hydrogens is 549 g/mol. The van der Waals surface area contributed by atoms with Gasteiger partial charge in [-0.25, -0.2) is 0 Å². The molecule has 3 aromatic rings. The molecule has 1 heterocycles. The Morgan fingerprint density at radius 2 is 1.77 bits per heavy atom. The summed E-state index contributed by atoms with van der Waals surface area (Å²) in [6, 6.07) is 22.8. The van der Waals surface area contributed by atoms with E-state index in [1.807, 2.05) is 30.3 Å². The van der Waals surface area contributed by atoms with E-state index in [1.165, 1.54) is 0 Å². The van der Waals surface area contributed by atoms with E-state index in [0.717, 1.165) is 15.7 Å². The first-order valence-corrected chi connectivity index (χ1v) is 12.6. The van der Waals surface area contributed by atoms with Crippen molar-refractivity contribution in [1.29, 1.82) is 5.26 Å². The van der Waals surface area contributed by atoms with Crippen LogP contribution in [-0.4, -0.2) is 37.0 Å². The lowest BCUT2D eigenvalue weighted by atomic mass is 10.1. The van der Waals surface area contributed by atoms with Crippen LogP contribution in [0.5, 0.6) is 5.75 Å². The third-order valence-electron chi connectivity index (χ3n) is 5.71. The molecule has 8 heteroatoms. The monoisotopic (exact) mass is 569 g/mol. The van der Waals surface area contributed by atoms with E-state index in [0.29, 0.717) is 47.5 Å². The van der Waals surface area contributed by atoms with Gasteiger partial charge in [-0.1, -0.05) is 63.4 Å². The van der Waals surface area contributed by atoms with Crippen LogP contribution in [0, 0.1) is 11.3 Å². The first-order valence-electron chi connectivity index (χ1n) is 11.0. The highest BCUT2D eigenvalue weighted by molar-refractivity contribution is 9.10. The third kappa shape index (κ3) is 6.37. The first-order chi connectivity index (χ1) is 16.9. The molecule has 4 rings (SSSR count). The van der Waals surface area contributed by atoms with Gasteiger partial charge in [0.25, 0.3) is 5.91 Å². The fourth-order valence-corrected chi connectivity index (χ4v) is 4.67. The van der Waals surface area contributed by atoms with Gasteiger partial charge in [-0.3, -0.25) is 4.79 Å². The molecule has 0 bridgehead atoms.